The Hall–Kier alpha value is -3.89. The molecule has 5 rings (SSSR count). The number of ether oxygens (including phenoxy) is 1. The normalized spacial score (nSPS) is 17.0. The van der Waals surface area contributed by atoms with Crippen LogP contribution in [0.4, 0.5) is 10.2 Å². The Balaban J connectivity index is 1.32. The van der Waals surface area contributed by atoms with Gasteiger partial charge in [-0.05, 0) is 43.9 Å². The number of nitrogens with zero attached hydrogens (tertiary/aromatic N) is 3. The van der Waals surface area contributed by atoms with E-state index < -0.39 is 29.7 Å². The van der Waals surface area contributed by atoms with Crippen molar-refractivity contribution >= 4 is 17.6 Å². The maximum Gasteiger partial charge on any atom is 0.258 e. The van der Waals surface area contributed by atoms with Crippen LogP contribution in [0.2, 0.25) is 0 Å². The quantitative estimate of drug-likeness (QED) is 0.407. The number of aromatic nitrogens is 2. The topological polar surface area (TPSA) is 117 Å². The van der Waals surface area contributed by atoms with Crippen molar-refractivity contribution in [2.45, 2.75) is 51.4 Å². The van der Waals surface area contributed by atoms with Gasteiger partial charge in [0.05, 0.1) is 23.9 Å². The lowest BCUT2D eigenvalue weighted by molar-refractivity contribution is -0.126. The smallest absolute Gasteiger partial charge is 0.258 e. The molecule has 1 saturated heterocycles. The Morgan fingerprint density at radius 1 is 1.21 bits per heavy atom. The van der Waals surface area contributed by atoms with Crippen LogP contribution >= 0.6 is 0 Å². The van der Waals surface area contributed by atoms with Gasteiger partial charge in [-0.25, -0.2) is 14.4 Å². The summed E-state index contributed by atoms with van der Waals surface area (Å²) in [4.78, 5) is 36.3. The van der Waals surface area contributed by atoms with Crippen molar-refractivity contribution in [3.05, 3.63) is 76.9 Å². The van der Waals surface area contributed by atoms with Gasteiger partial charge in [0.1, 0.15) is 24.0 Å². The van der Waals surface area contributed by atoms with Gasteiger partial charge in [0, 0.05) is 37.4 Å². The monoisotopic (exact) mass is 533 g/mol. The molecule has 0 aliphatic carbocycles. The number of benzene rings is 2. The minimum absolute atomic E-state index is 0.0536. The third kappa shape index (κ3) is 5.62. The summed E-state index contributed by atoms with van der Waals surface area (Å²) < 4.78 is 21.2. The molecular weight excluding hydrogens is 501 g/mol. The van der Waals surface area contributed by atoms with Gasteiger partial charge in [-0.15, -0.1) is 0 Å². The number of anilines is 1. The molecule has 3 aromatic rings. The molecule has 0 bridgehead atoms. The van der Waals surface area contributed by atoms with Gasteiger partial charge in [0.15, 0.2) is 0 Å². The standard InChI is InChI=1S/C29H32FN5O4/c1-17-4-3-5-19(12-17)24(15-36)34-28(37)18(2)35-14-20-6-7-22(27(30)26(20)29(35)38)23-13-25(32-16-31-23)33-21-8-10-39-11-9-21/h3-7,12-13,16,18,21,24,36H,8-11,14-15H2,1-2H3,(H,34,37)(H,31,32,33)/t18-,24-/m1/s1. The first-order valence-electron chi connectivity index (χ1n) is 13.1. The minimum atomic E-state index is -0.874. The molecule has 3 N–H and O–H groups in total. The Bertz CT molecular complexity index is 1380. The maximum absolute atomic E-state index is 15.8. The molecule has 1 aromatic heterocycles. The van der Waals surface area contributed by atoms with E-state index in [4.69, 9.17) is 4.74 Å². The highest BCUT2D eigenvalue weighted by molar-refractivity contribution is 6.02. The van der Waals surface area contributed by atoms with Gasteiger partial charge in [0.2, 0.25) is 5.91 Å². The molecular formula is C29H32FN5O4. The molecule has 0 unspecified atom stereocenters. The number of aliphatic hydroxyl groups is 1. The van der Waals surface area contributed by atoms with Crippen molar-refractivity contribution in [3.63, 3.8) is 0 Å². The number of fused-ring (bicyclic) bond motifs is 1. The number of nitrogens with one attached hydrogen (secondary N) is 2. The van der Waals surface area contributed by atoms with E-state index in [0.717, 1.165) is 24.0 Å². The Labute approximate surface area is 226 Å². The number of hydrogen-bond acceptors (Lipinski definition) is 7. The lowest BCUT2D eigenvalue weighted by Crippen LogP contribution is -2.46. The molecule has 2 aromatic carbocycles. The maximum atomic E-state index is 15.8. The van der Waals surface area contributed by atoms with Gasteiger partial charge < -0.3 is 25.4 Å². The van der Waals surface area contributed by atoms with Crippen LogP contribution in [0.1, 0.15) is 52.9 Å². The number of aryl methyl sites for hydroxylation is 1. The molecule has 9 nitrogen and oxygen atoms in total. The SMILES string of the molecule is Cc1cccc([C@@H](CO)NC(=O)[C@@H](C)N2Cc3ccc(-c4cc(NC5CCOCC5)ncn4)c(F)c3C2=O)c1. The van der Waals surface area contributed by atoms with Gasteiger partial charge in [-0.1, -0.05) is 35.9 Å². The number of rotatable bonds is 8. The summed E-state index contributed by atoms with van der Waals surface area (Å²) in [5, 5.41) is 16.0. The summed E-state index contributed by atoms with van der Waals surface area (Å²) in [6.45, 7) is 4.69. The van der Waals surface area contributed by atoms with Crippen LogP contribution in [0.3, 0.4) is 0 Å². The predicted octanol–water partition coefficient (Wildman–Crippen LogP) is 3.38. The van der Waals surface area contributed by atoms with Crippen LogP contribution in [-0.4, -0.2) is 63.7 Å². The number of amides is 2. The van der Waals surface area contributed by atoms with Gasteiger partial charge >= 0.3 is 0 Å². The molecule has 3 heterocycles. The van der Waals surface area contributed by atoms with E-state index in [2.05, 4.69) is 20.6 Å². The Kier molecular flexibility index (Phi) is 7.85. The lowest BCUT2D eigenvalue weighted by Gasteiger charge is -2.26. The van der Waals surface area contributed by atoms with E-state index in [-0.39, 0.29) is 30.3 Å². The average molecular weight is 534 g/mol. The lowest BCUT2D eigenvalue weighted by atomic mass is 10.0. The first-order chi connectivity index (χ1) is 18.9. The Morgan fingerprint density at radius 3 is 2.74 bits per heavy atom. The second-order valence-electron chi connectivity index (χ2n) is 10.0. The van der Waals surface area contributed by atoms with Crippen LogP contribution in [0.25, 0.3) is 11.3 Å². The van der Waals surface area contributed by atoms with Crippen molar-refractivity contribution in [1.82, 2.24) is 20.2 Å². The molecule has 2 aliphatic rings. The van der Waals surface area contributed by atoms with Crippen LogP contribution in [0, 0.1) is 12.7 Å². The first kappa shape index (κ1) is 26.7. The molecule has 10 heteroatoms. The first-order valence-corrected chi connectivity index (χ1v) is 13.1. The second kappa shape index (κ2) is 11.5. The summed E-state index contributed by atoms with van der Waals surface area (Å²) >= 11 is 0. The number of aliphatic hydroxyl groups excluding tert-OH is 1. The molecule has 1 fully saturated rings. The summed E-state index contributed by atoms with van der Waals surface area (Å²) in [5.41, 5.74) is 2.77. The molecule has 2 amide bonds. The van der Waals surface area contributed by atoms with E-state index in [1.54, 1.807) is 25.1 Å². The molecule has 0 saturated carbocycles. The van der Waals surface area contributed by atoms with Gasteiger partial charge in [0.25, 0.3) is 5.91 Å². The van der Waals surface area contributed by atoms with Crippen molar-refractivity contribution in [2.75, 3.05) is 25.1 Å². The number of halogens is 1. The van der Waals surface area contributed by atoms with Gasteiger partial charge in [-0.2, -0.15) is 0 Å². The third-order valence-electron chi connectivity index (χ3n) is 7.35. The molecule has 39 heavy (non-hydrogen) atoms. The number of carbonyl (C=O) groups excluding carboxylic acids is 2. The predicted molar refractivity (Wildman–Crippen MR) is 143 cm³/mol. The third-order valence-corrected chi connectivity index (χ3v) is 7.35. The summed E-state index contributed by atoms with van der Waals surface area (Å²) in [5.74, 6) is -1.08. The Morgan fingerprint density at radius 2 is 2.00 bits per heavy atom. The summed E-state index contributed by atoms with van der Waals surface area (Å²) in [7, 11) is 0. The van der Waals surface area contributed by atoms with Crippen LogP contribution in [0.15, 0.2) is 48.8 Å². The van der Waals surface area contributed by atoms with Crippen LogP contribution in [0.5, 0.6) is 0 Å². The summed E-state index contributed by atoms with van der Waals surface area (Å²) in [6, 6.07) is 11.2. The highest BCUT2D eigenvalue weighted by atomic mass is 19.1. The highest BCUT2D eigenvalue weighted by Crippen LogP contribution is 2.33. The molecule has 204 valence electrons. The fourth-order valence-electron chi connectivity index (χ4n) is 5.08. The number of hydrogen-bond donors (Lipinski definition) is 3. The molecule has 2 atom stereocenters. The average Bonchev–Trinajstić information content (AvgIpc) is 3.29. The molecule has 0 spiro atoms. The fraction of sp³-hybridized carbons (Fsp3) is 0.379. The van der Waals surface area contributed by atoms with E-state index in [1.807, 2.05) is 31.2 Å². The van der Waals surface area contributed by atoms with E-state index in [1.165, 1.54) is 11.2 Å². The largest absolute Gasteiger partial charge is 0.394 e. The highest BCUT2D eigenvalue weighted by Gasteiger charge is 2.37. The van der Waals surface area contributed by atoms with Crippen molar-refractivity contribution in [1.29, 1.82) is 0 Å². The van der Waals surface area contributed by atoms with Crippen molar-refractivity contribution in [2.24, 2.45) is 0 Å². The van der Waals surface area contributed by atoms with Gasteiger partial charge in [-0.3, -0.25) is 9.59 Å². The van der Waals surface area contributed by atoms with Crippen molar-refractivity contribution in [3.8, 4) is 11.3 Å². The fourth-order valence-corrected chi connectivity index (χ4v) is 5.08. The number of carbonyl (C=O) groups is 2. The zero-order valence-corrected chi connectivity index (χ0v) is 22.0. The summed E-state index contributed by atoms with van der Waals surface area (Å²) in [6.07, 6.45) is 3.08. The van der Waals surface area contributed by atoms with E-state index in [9.17, 15) is 14.7 Å². The zero-order chi connectivity index (χ0) is 27.5. The zero-order valence-electron chi connectivity index (χ0n) is 22.0. The second-order valence-corrected chi connectivity index (χ2v) is 10.0. The van der Waals surface area contributed by atoms with Crippen LogP contribution < -0.4 is 10.6 Å². The van der Waals surface area contributed by atoms with Crippen molar-refractivity contribution < 1.29 is 23.8 Å². The van der Waals surface area contributed by atoms with E-state index in [0.29, 0.717) is 30.3 Å². The molecule has 0 radical (unpaired) electrons. The minimum Gasteiger partial charge on any atom is -0.394 e. The van der Waals surface area contributed by atoms with E-state index >= 15 is 4.39 Å². The molecule has 2 aliphatic heterocycles. The van der Waals surface area contributed by atoms with Crippen LogP contribution in [-0.2, 0) is 16.1 Å².